The van der Waals surface area contributed by atoms with Crippen LogP contribution in [-0.2, 0) is 23.9 Å². The third-order valence-electron chi connectivity index (χ3n) is 8.94. The fourth-order valence-corrected chi connectivity index (χ4v) is 7.70. The molecule has 1 heterocycles. The highest BCUT2D eigenvalue weighted by Crippen LogP contribution is 2.76. The summed E-state index contributed by atoms with van der Waals surface area (Å²) < 4.78 is 12.3. The van der Waals surface area contributed by atoms with Crippen LogP contribution in [-0.4, -0.2) is 34.8 Å². The first-order valence-electron chi connectivity index (χ1n) is 10.4. The molecule has 0 aromatic heterocycles. The Morgan fingerprint density at radius 3 is 2.61 bits per heavy atom. The van der Waals surface area contributed by atoms with Gasteiger partial charge in [-0.05, 0) is 69.9 Å². The van der Waals surface area contributed by atoms with Crippen LogP contribution in [0.1, 0.15) is 59.8 Å². The number of epoxide rings is 1. The molecule has 1 unspecified atom stereocenters. The Balaban J connectivity index is 1.58. The summed E-state index contributed by atoms with van der Waals surface area (Å²) in [4.78, 5) is 36.7. The maximum Gasteiger partial charge on any atom is 0.303 e. The summed E-state index contributed by atoms with van der Waals surface area (Å²) in [5.41, 5.74) is -0.832. The van der Waals surface area contributed by atoms with E-state index in [2.05, 4.69) is 19.9 Å². The molecule has 0 radical (unpaired) electrons. The first-order valence-corrected chi connectivity index (χ1v) is 10.4. The summed E-state index contributed by atoms with van der Waals surface area (Å²) in [6.07, 6.45) is 9.56. The second-order valence-electron chi connectivity index (χ2n) is 9.90. The van der Waals surface area contributed by atoms with Gasteiger partial charge >= 0.3 is 5.97 Å². The maximum absolute atomic E-state index is 12.8. The van der Waals surface area contributed by atoms with Crippen molar-refractivity contribution < 1.29 is 23.9 Å². The van der Waals surface area contributed by atoms with E-state index in [0.29, 0.717) is 18.8 Å². The van der Waals surface area contributed by atoms with Crippen LogP contribution in [0.3, 0.4) is 0 Å². The van der Waals surface area contributed by atoms with Crippen LogP contribution in [0.25, 0.3) is 0 Å². The lowest BCUT2D eigenvalue weighted by Gasteiger charge is -2.55. The fraction of sp³-hybridized carbons (Fsp3) is 0.696. The number of carbonyl (C=O) groups is 3. The molecule has 4 fully saturated rings. The summed E-state index contributed by atoms with van der Waals surface area (Å²) in [7, 11) is 0. The molecule has 1 saturated heterocycles. The molecule has 5 heteroatoms. The summed E-state index contributed by atoms with van der Waals surface area (Å²) in [6.45, 7) is 7.29. The maximum atomic E-state index is 12.8. The van der Waals surface area contributed by atoms with Gasteiger partial charge in [0.2, 0.25) is 0 Å². The van der Waals surface area contributed by atoms with E-state index in [1.54, 1.807) is 19.1 Å². The number of esters is 1. The number of Topliss-reactive ketones (excluding diaryl/α,β-unsaturated/α-hetero) is 1. The molecule has 0 aromatic carbocycles. The predicted molar refractivity (Wildman–Crippen MR) is 101 cm³/mol. The van der Waals surface area contributed by atoms with E-state index in [1.165, 1.54) is 12.5 Å². The third-order valence-corrected chi connectivity index (χ3v) is 8.94. The number of rotatable bonds is 2. The van der Waals surface area contributed by atoms with E-state index >= 15 is 0 Å². The smallest absolute Gasteiger partial charge is 0.303 e. The standard InChI is InChI=1S/C23H28O5/c1-13(24)22(27-14(2)25)10-8-17-18-6-5-15-11-16(26)7-9-20(15,3)23(18)19(28-23)12-21(17,22)4/h7,9,11,17-19H,5-6,8,10,12H2,1-4H3/t17-,18-,19?,20-,21-,22-,23-/m0/s1. The van der Waals surface area contributed by atoms with Gasteiger partial charge in [0, 0.05) is 17.8 Å². The molecule has 1 aliphatic heterocycles. The molecule has 4 aliphatic carbocycles. The number of hydrogen-bond donors (Lipinski definition) is 0. The Morgan fingerprint density at radius 1 is 1.18 bits per heavy atom. The first kappa shape index (κ1) is 18.3. The van der Waals surface area contributed by atoms with Gasteiger partial charge in [-0.15, -0.1) is 0 Å². The van der Waals surface area contributed by atoms with Gasteiger partial charge in [-0.1, -0.05) is 18.6 Å². The van der Waals surface area contributed by atoms with E-state index in [9.17, 15) is 14.4 Å². The second kappa shape index (κ2) is 5.24. The van der Waals surface area contributed by atoms with Gasteiger partial charge in [0.1, 0.15) is 5.60 Å². The van der Waals surface area contributed by atoms with Gasteiger partial charge in [0.05, 0.1) is 6.10 Å². The van der Waals surface area contributed by atoms with Crippen molar-refractivity contribution in [2.24, 2.45) is 22.7 Å². The number of fused-ring (bicyclic) bond motifs is 3. The van der Waals surface area contributed by atoms with Crippen LogP contribution < -0.4 is 0 Å². The molecular weight excluding hydrogens is 356 g/mol. The molecule has 150 valence electrons. The number of ether oxygens (including phenoxy) is 2. The van der Waals surface area contributed by atoms with Crippen molar-refractivity contribution in [3.05, 3.63) is 23.8 Å². The molecule has 0 amide bonds. The monoisotopic (exact) mass is 384 g/mol. The van der Waals surface area contributed by atoms with Crippen molar-refractivity contribution in [1.29, 1.82) is 0 Å². The SMILES string of the molecule is CC(=O)O[C@]1(C(C)=O)CC[C@H]2[C@@H]3CCC4=CC(=O)C=C[C@]4(C)[C@]34OC4C[C@@]21C. The lowest BCUT2D eigenvalue weighted by Crippen LogP contribution is -2.61. The minimum atomic E-state index is -1.04. The van der Waals surface area contributed by atoms with Crippen molar-refractivity contribution in [2.45, 2.75) is 77.1 Å². The Hall–Kier alpha value is -1.75. The van der Waals surface area contributed by atoms with E-state index in [4.69, 9.17) is 9.47 Å². The van der Waals surface area contributed by atoms with Crippen molar-refractivity contribution in [1.82, 2.24) is 0 Å². The van der Waals surface area contributed by atoms with Gasteiger partial charge in [0.25, 0.3) is 0 Å². The lowest BCUT2D eigenvalue weighted by molar-refractivity contribution is -0.183. The normalized spacial score (nSPS) is 50.6. The Morgan fingerprint density at radius 2 is 1.93 bits per heavy atom. The Kier molecular flexibility index (Phi) is 3.42. The summed E-state index contributed by atoms with van der Waals surface area (Å²) in [5, 5.41) is 0. The second-order valence-corrected chi connectivity index (χ2v) is 9.90. The molecule has 5 rings (SSSR count). The molecule has 5 aliphatic rings. The first-order chi connectivity index (χ1) is 13.1. The topological polar surface area (TPSA) is 73.0 Å². The van der Waals surface area contributed by atoms with E-state index in [0.717, 1.165) is 19.3 Å². The third kappa shape index (κ3) is 1.85. The lowest BCUT2D eigenvalue weighted by atomic mass is 9.47. The highest BCUT2D eigenvalue weighted by atomic mass is 16.6. The summed E-state index contributed by atoms with van der Waals surface area (Å²) >= 11 is 0. The van der Waals surface area contributed by atoms with Crippen LogP contribution >= 0.6 is 0 Å². The van der Waals surface area contributed by atoms with Crippen molar-refractivity contribution in [2.75, 3.05) is 0 Å². The van der Waals surface area contributed by atoms with Crippen LogP contribution in [0.15, 0.2) is 23.8 Å². The number of carbonyl (C=O) groups excluding carboxylic acids is 3. The molecule has 5 nitrogen and oxygen atoms in total. The van der Waals surface area contributed by atoms with Gasteiger partial charge in [-0.3, -0.25) is 14.4 Å². The van der Waals surface area contributed by atoms with Crippen LogP contribution in [0.2, 0.25) is 0 Å². The quantitative estimate of drug-likeness (QED) is 0.539. The van der Waals surface area contributed by atoms with Crippen LogP contribution in [0.4, 0.5) is 0 Å². The molecule has 28 heavy (non-hydrogen) atoms. The molecule has 0 bridgehead atoms. The number of ketones is 2. The zero-order chi connectivity index (χ0) is 20.1. The number of hydrogen-bond acceptors (Lipinski definition) is 5. The average molecular weight is 384 g/mol. The molecule has 1 spiro atoms. The Bertz CT molecular complexity index is 870. The zero-order valence-corrected chi connectivity index (χ0v) is 17.0. The van der Waals surface area contributed by atoms with Crippen LogP contribution in [0, 0.1) is 22.7 Å². The molecular formula is C23H28O5. The highest BCUT2D eigenvalue weighted by molar-refractivity contribution is 6.01. The van der Waals surface area contributed by atoms with Crippen molar-refractivity contribution >= 4 is 17.5 Å². The van der Waals surface area contributed by atoms with Crippen LogP contribution in [0.5, 0.6) is 0 Å². The van der Waals surface area contributed by atoms with E-state index < -0.39 is 11.0 Å². The highest BCUT2D eigenvalue weighted by Gasteiger charge is 2.81. The predicted octanol–water partition coefficient (Wildman–Crippen LogP) is 3.32. The van der Waals surface area contributed by atoms with Crippen molar-refractivity contribution in [3.63, 3.8) is 0 Å². The van der Waals surface area contributed by atoms with E-state index in [-0.39, 0.29) is 40.6 Å². The van der Waals surface area contributed by atoms with E-state index in [1.807, 2.05) is 0 Å². The largest absolute Gasteiger partial charge is 0.451 e. The minimum Gasteiger partial charge on any atom is -0.451 e. The van der Waals surface area contributed by atoms with Gasteiger partial charge in [-0.25, -0.2) is 0 Å². The zero-order valence-electron chi connectivity index (χ0n) is 17.0. The van der Waals surface area contributed by atoms with Gasteiger partial charge in [0.15, 0.2) is 17.2 Å². The fourth-order valence-electron chi connectivity index (χ4n) is 7.70. The van der Waals surface area contributed by atoms with Crippen molar-refractivity contribution in [3.8, 4) is 0 Å². The summed E-state index contributed by atoms with van der Waals surface area (Å²) in [6, 6.07) is 0. The molecule has 7 atom stereocenters. The minimum absolute atomic E-state index is 0.0256. The van der Waals surface area contributed by atoms with Gasteiger partial charge < -0.3 is 9.47 Å². The molecule has 3 saturated carbocycles. The summed E-state index contributed by atoms with van der Waals surface area (Å²) in [5.74, 6) is 0.185. The molecule has 0 N–H and O–H groups in total. The average Bonchev–Trinajstić information content (AvgIpc) is 3.25. The molecule has 0 aromatic rings. The Labute approximate surface area is 165 Å². The van der Waals surface area contributed by atoms with Gasteiger partial charge in [-0.2, -0.15) is 0 Å². The number of allylic oxidation sites excluding steroid dienone is 2.